The molecular weight excluding hydrogens is 372 g/mol. The minimum absolute atomic E-state index is 0.174. The lowest BCUT2D eigenvalue weighted by Gasteiger charge is -2.42. The van der Waals surface area contributed by atoms with E-state index in [-0.39, 0.29) is 18.1 Å². The molecule has 0 radical (unpaired) electrons. The van der Waals surface area contributed by atoms with Gasteiger partial charge in [0.15, 0.2) is 0 Å². The average molecular weight is 394 g/mol. The molecule has 1 aromatic heterocycles. The van der Waals surface area contributed by atoms with Crippen LogP contribution in [-0.2, 0) is 9.53 Å². The van der Waals surface area contributed by atoms with Crippen LogP contribution < -0.4 is 10.1 Å². The molecule has 3 rings (SSSR count). The molecule has 0 bridgehead atoms. The summed E-state index contributed by atoms with van der Waals surface area (Å²) < 4.78 is 11.4. The highest BCUT2D eigenvalue weighted by Gasteiger charge is 2.40. The van der Waals surface area contributed by atoms with Gasteiger partial charge in [-0.3, -0.25) is 9.78 Å². The topological polar surface area (TPSA) is 60.5 Å². The maximum Gasteiger partial charge on any atom is 0.272 e. The van der Waals surface area contributed by atoms with Gasteiger partial charge in [0.2, 0.25) is 5.44 Å². The Hall–Kier alpha value is -2.67. The summed E-state index contributed by atoms with van der Waals surface area (Å²) in [6.07, 6.45) is 17.0. The molecule has 1 saturated carbocycles. The molecule has 1 N–H and O–H groups in total. The molecule has 0 aliphatic heterocycles. The Balaban J connectivity index is 1.69. The van der Waals surface area contributed by atoms with Crippen molar-refractivity contribution in [3.63, 3.8) is 0 Å². The second kappa shape index (κ2) is 9.01. The highest BCUT2D eigenvalue weighted by Crippen LogP contribution is 2.33. The third kappa shape index (κ3) is 4.59. The second-order valence-corrected chi connectivity index (χ2v) is 7.63. The molecular formula is C22H22N2O3S. The Morgan fingerprint density at radius 1 is 1.39 bits per heavy atom. The summed E-state index contributed by atoms with van der Waals surface area (Å²) in [6, 6.07) is 7.36. The van der Waals surface area contributed by atoms with Gasteiger partial charge in [-0.2, -0.15) is 0 Å². The summed E-state index contributed by atoms with van der Waals surface area (Å²) in [5.74, 6) is 5.44. The van der Waals surface area contributed by atoms with Crippen LogP contribution in [0.15, 0.2) is 30.5 Å². The third-order valence-electron chi connectivity index (χ3n) is 4.75. The van der Waals surface area contributed by atoms with Gasteiger partial charge in [0, 0.05) is 17.1 Å². The smallest absolute Gasteiger partial charge is 0.272 e. The molecule has 1 unspecified atom stereocenters. The first kappa shape index (κ1) is 20.1. The maximum absolute atomic E-state index is 12.8. The van der Waals surface area contributed by atoms with Crippen molar-refractivity contribution in [3.8, 4) is 30.4 Å². The zero-order valence-electron chi connectivity index (χ0n) is 15.7. The van der Waals surface area contributed by atoms with Crippen molar-refractivity contribution in [1.29, 1.82) is 0 Å². The van der Waals surface area contributed by atoms with Gasteiger partial charge in [0.05, 0.1) is 17.7 Å². The van der Waals surface area contributed by atoms with E-state index < -0.39 is 5.44 Å². The van der Waals surface area contributed by atoms with Gasteiger partial charge in [-0.15, -0.1) is 24.6 Å². The lowest BCUT2D eigenvalue weighted by Crippen LogP contribution is -2.59. The number of benzene rings is 1. The third-order valence-corrected chi connectivity index (χ3v) is 5.49. The quantitative estimate of drug-likeness (QED) is 0.424. The van der Waals surface area contributed by atoms with E-state index >= 15 is 0 Å². The lowest BCUT2D eigenvalue weighted by atomic mass is 9.77. The number of carbonyl (C=O) groups is 1. The fraction of sp³-hybridized carbons (Fsp3) is 0.364. The Morgan fingerprint density at radius 2 is 2.21 bits per heavy atom. The number of hydrogen-bond donors (Lipinski definition) is 1. The monoisotopic (exact) mass is 394 g/mol. The fourth-order valence-electron chi connectivity index (χ4n) is 3.13. The number of terminal acetylenes is 2. The van der Waals surface area contributed by atoms with E-state index in [0.717, 1.165) is 30.2 Å². The molecule has 1 fully saturated rings. The molecule has 1 aliphatic rings. The van der Waals surface area contributed by atoms with Gasteiger partial charge >= 0.3 is 0 Å². The predicted molar refractivity (Wildman–Crippen MR) is 112 cm³/mol. The van der Waals surface area contributed by atoms with Crippen LogP contribution in [0.2, 0.25) is 0 Å². The van der Waals surface area contributed by atoms with Crippen molar-refractivity contribution in [1.82, 2.24) is 10.3 Å². The average Bonchev–Trinajstić information content (AvgIpc) is 2.69. The van der Waals surface area contributed by atoms with E-state index in [1.165, 1.54) is 11.8 Å². The van der Waals surface area contributed by atoms with Crippen LogP contribution in [0.25, 0.3) is 10.9 Å². The zero-order chi connectivity index (χ0) is 20.0. The van der Waals surface area contributed by atoms with Crippen LogP contribution in [0, 0.1) is 24.7 Å². The van der Waals surface area contributed by atoms with Crippen molar-refractivity contribution < 1.29 is 14.3 Å². The molecule has 1 atom stereocenters. The predicted octanol–water partition coefficient (Wildman–Crippen LogP) is 2.97. The van der Waals surface area contributed by atoms with E-state index in [9.17, 15) is 4.79 Å². The SMILES string of the molecule is C#CCOCC1(NC(=O)C(Oc2ccc3ncc(C#C)cc3c2)SC)CCC1. The normalized spacial score (nSPS) is 15.7. The molecule has 28 heavy (non-hydrogen) atoms. The molecule has 2 aromatic rings. The second-order valence-electron chi connectivity index (χ2n) is 6.73. The van der Waals surface area contributed by atoms with E-state index in [1.54, 1.807) is 12.3 Å². The molecule has 0 saturated heterocycles. The Kier molecular flexibility index (Phi) is 6.46. The van der Waals surface area contributed by atoms with Crippen molar-refractivity contribution in [3.05, 3.63) is 36.0 Å². The number of rotatable bonds is 8. The van der Waals surface area contributed by atoms with Gasteiger partial charge < -0.3 is 14.8 Å². The number of nitrogens with one attached hydrogen (secondary N) is 1. The molecule has 1 heterocycles. The maximum atomic E-state index is 12.8. The van der Waals surface area contributed by atoms with Gasteiger partial charge in [0.25, 0.3) is 5.91 Å². The number of ether oxygens (including phenoxy) is 2. The molecule has 1 aromatic carbocycles. The number of aromatic nitrogens is 1. The fourth-order valence-corrected chi connectivity index (χ4v) is 3.61. The van der Waals surface area contributed by atoms with Crippen molar-refractivity contribution in [2.45, 2.75) is 30.2 Å². The zero-order valence-corrected chi connectivity index (χ0v) is 16.6. The molecule has 6 heteroatoms. The number of amides is 1. The lowest BCUT2D eigenvalue weighted by molar-refractivity contribution is -0.128. The summed E-state index contributed by atoms with van der Waals surface area (Å²) in [5.41, 5.74) is 0.491. The first-order valence-electron chi connectivity index (χ1n) is 8.98. The molecule has 1 aliphatic carbocycles. The van der Waals surface area contributed by atoms with E-state index in [0.29, 0.717) is 17.9 Å². The van der Waals surface area contributed by atoms with Crippen LogP contribution in [0.5, 0.6) is 5.75 Å². The summed E-state index contributed by atoms with van der Waals surface area (Å²) in [6.45, 7) is 0.658. The van der Waals surface area contributed by atoms with E-state index in [4.69, 9.17) is 22.3 Å². The minimum Gasteiger partial charge on any atom is -0.470 e. The summed E-state index contributed by atoms with van der Waals surface area (Å²) in [5, 5.41) is 3.97. The standard InChI is InChI=1S/C22H22N2O3S/c1-4-11-26-15-22(9-6-10-22)24-20(25)21(28-3)27-18-7-8-19-17(13-18)12-16(5-2)14-23-19/h1-2,7-8,12-14,21H,6,9-11,15H2,3H3,(H,24,25). The number of nitrogens with zero attached hydrogens (tertiary/aromatic N) is 1. The van der Waals surface area contributed by atoms with Crippen LogP contribution >= 0.6 is 11.8 Å². The summed E-state index contributed by atoms with van der Waals surface area (Å²) in [7, 11) is 0. The Labute approximate surface area is 169 Å². The van der Waals surface area contributed by atoms with Gasteiger partial charge in [-0.25, -0.2) is 0 Å². The van der Waals surface area contributed by atoms with Gasteiger partial charge in [-0.1, -0.05) is 11.8 Å². The molecule has 1 amide bonds. The van der Waals surface area contributed by atoms with Crippen LogP contribution in [0.4, 0.5) is 0 Å². The number of pyridine rings is 1. The number of carbonyl (C=O) groups excluding carboxylic acids is 1. The van der Waals surface area contributed by atoms with E-state index in [2.05, 4.69) is 22.1 Å². The molecule has 144 valence electrons. The van der Waals surface area contributed by atoms with Gasteiger partial charge in [-0.05, 0) is 49.8 Å². The molecule has 5 nitrogen and oxygen atoms in total. The van der Waals surface area contributed by atoms with Crippen molar-refractivity contribution in [2.75, 3.05) is 19.5 Å². The first-order chi connectivity index (χ1) is 13.6. The number of thioether (sulfide) groups is 1. The van der Waals surface area contributed by atoms with E-state index in [1.807, 2.05) is 24.5 Å². The first-order valence-corrected chi connectivity index (χ1v) is 10.3. The summed E-state index contributed by atoms with van der Waals surface area (Å²) >= 11 is 1.33. The number of hydrogen-bond acceptors (Lipinski definition) is 5. The van der Waals surface area contributed by atoms with Crippen molar-refractivity contribution in [2.24, 2.45) is 0 Å². The number of fused-ring (bicyclic) bond motifs is 1. The minimum atomic E-state index is -0.675. The van der Waals surface area contributed by atoms with Crippen LogP contribution in [0.3, 0.4) is 0 Å². The van der Waals surface area contributed by atoms with Crippen molar-refractivity contribution >= 4 is 28.6 Å². The Morgan fingerprint density at radius 3 is 2.86 bits per heavy atom. The summed E-state index contributed by atoms with van der Waals surface area (Å²) in [4.78, 5) is 17.1. The highest BCUT2D eigenvalue weighted by atomic mass is 32.2. The van der Waals surface area contributed by atoms with Gasteiger partial charge in [0.1, 0.15) is 12.4 Å². The molecule has 0 spiro atoms. The largest absolute Gasteiger partial charge is 0.470 e. The van der Waals surface area contributed by atoms with Crippen LogP contribution in [-0.4, -0.2) is 41.3 Å². The van der Waals surface area contributed by atoms with Crippen LogP contribution in [0.1, 0.15) is 24.8 Å². The Bertz CT molecular complexity index is 941. The highest BCUT2D eigenvalue weighted by molar-refractivity contribution is 7.99.